The predicted octanol–water partition coefficient (Wildman–Crippen LogP) is 6.04. The van der Waals surface area contributed by atoms with E-state index in [9.17, 15) is 0 Å². The van der Waals surface area contributed by atoms with Gasteiger partial charge in [0, 0.05) is 26.2 Å². The van der Waals surface area contributed by atoms with Crippen molar-refractivity contribution in [3.8, 4) is 11.5 Å². The first kappa shape index (κ1) is 17.3. The van der Waals surface area contributed by atoms with Crippen LogP contribution in [0.4, 0.5) is 0 Å². The summed E-state index contributed by atoms with van der Waals surface area (Å²) in [6.45, 7) is 0. The molecule has 0 spiro atoms. The number of hydrogen-bond donors (Lipinski definition) is 0. The van der Waals surface area contributed by atoms with E-state index in [1.165, 1.54) is 10.8 Å². The molecule has 0 unspecified atom stereocenters. The van der Waals surface area contributed by atoms with E-state index >= 15 is 0 Å². The molecule has 0 amide bonds. The van der Waals surface area contributed by atoms with Gasteiger partial charge < -0.3 is 4.74 Å². The molecule has 0 radical (unpaired) electrons. The molecule has 1 nitrogen and oxygen atoms in total. The Kier molecular flexibility index (Phi) is 6.90. The summed E-state index contributed by atoms with van der Waals surface area (Å²) >= 11 is 0. The number of rotatable bonds is 2. The molecule has 0 aliphatic heterocycles. The van der Waals surface area contributed by atoms with E-state index in [-0.39, 0.29) is 26.2 Å². The topological polar surface area (TPSA) is 9.23 Å². The van der Waals surface area contributed by atoms with E-state index < -0.39 is 0 Å². The molecule has 0 heterocycles. The van der Waals surface area contributed by atoms with Gasteiger partial charge in [-0.15, -0.1) is 29.7 Å². The van der Waals surface area contributed by atoms with Gasteiger partial charge in [-0.3, -0.25) is 0 Å². The molecule has 0 bridgehead atoms. The van der Waals surface area contributed by atoms with Crippen molar-refractivity contribution in [2.75, 3.05) is 0 Å². The van der Waals surface area contributed by atoms with Crippen molar-refractivity contribution in [1.82, 2.24) is 0 Å². The Morgan fingerprint density at radius 3 is 1.65 bits per heavy atom. The van der Waals surface area contributed by atoms with Crippen molar-refractivity contribution in [3.63, 3.8) is 0 Å². The zero-order chi connectivity index (χ0) is 15.0. The maximum Gasteiger partial charge on any atom is 0.127 e. The molecular weight excluding hydrogens is 359 g/mol. The molecule has 23 heavy (non-hydrogen) atoms. The number of fused-ring (bicyclic) bond motifs is 1. The number of ether oxygens (including phenoxy) is 1. The number of hydrogen-bond acceptors (Lipinski definition) is 1. The van der Waals surface area contributed by atoms with E-state index in [0.717, 1.165) is 11.5 Å². The monoisotopic (exact) mass is 375 g/mol. The average Bonchev–Trinajstić information content (AvgIpc) is 3.06. The summed E-state index contributed by atoms with van der Waals surface area (Å²) in [4.78, 5) is 0. The van der Waals surface area contributed by atoms with Crippen LogP contribution in [0.3, 0.4) is 0 Å². The minimum absolute atomic E-state index is 0. The first-order chi connectivity index (χ1) is 10.9. The summed E-state index contributed by atoms with van der Waals surface area (Å²) in [5.41, 5.74) is 0. The van der Waals surface area contributed by atoms with Crippen LogP contribution in [0.15, 0.2) is 103 Å². The maximum absolute atomic E-state index is 5.58. The smallest absolute Gasteiger partial charge is 0.127 e. The van der Waals surface area contributed by atoms with Crippen molar-refractivity contribution in [3.05, 3.63) is 103 Å². The summed E-state index contributed by atoms with van der Waals surface area (Å²) in [6.07, 6.45) is 0. The van der Waals surface area contributed by atoms with Crippen LogP contribution in [-0.2, 0) is 26.2 Å². The van der Waals surface area contributed by atoms with Crippen LogP contribution in [0.25, 0.3) is 10.8 Å². The number of para-hydroxylation sites is 2. The summed E-state index contributed by atoms with van der Waals surface area (Å²) in [6, 6.07) is 34.2. The van der Waals surface area contributed by atoms with Gasteiger partial charge in [0.1, 0.15) is 11.5 Å². The second-order valence-corrected chi connectivity index (χ2v) is 4.88. The fourth-order valence-electron chi connectivity index (χ4n) is 2.18. The van der Waals surface area contributed by atoms with Crippen molar-refractivity contribution >= 4 is 10.8 Å². The molecule has 0 saturated heterocycles. The second-order valence-electron chi connectivity index (χ2n) is 4.88. The van der Waals surface area contributed by atoms with Gasteiger partial charge in [0.25, 0.3) is 0 Å². The Bertz CT molecular complexity index is 739. The van der Waals surface area contributed by atoms with Gasteiger partial charge in [-0.05, 0) is 24.3 Å². The third-order valence-electron chi connectivity index (χ3n) is 3.27. The summed E-state index contributed by atoms with van der Waals surface area (Å²) in [5, 5.41) is 2.66. The minimum atomic E-state index is 0. The van der Waals surface area contributed by atoms with Gasteiger partial charge in [-0.2, -0.15) is 17.5 Å². The molecule has 2 heteroatoms. The molecule has 0 atom stereocenters. The van der Waals surface area contributed by atoms with Gasteiger partial charge in [0.05, 0.1) is 0 Å². The molecule has 4 aromatic rings. The molecule has 0 fully saturated rings. The van der Waals surface area contributed by atoms with Crippen molar-refractivity contribution in [2.45, 2.75) is 0 Å². The van der Waals surface area contributed by atoms with Gasteiger partial charge in [-0.25, -0.2) is 0 Å². The molecule has 0 aliphatic carbocycles. The molecular formula is C21H17OZr-. The third-order valence-corrected chi connectivity index (χ3v) is 3.27. The van der Waals surface area contributed by atoms with Crippen molar-refractivity contribution in [2.24, 2.45) is 0 Å². The van der Waals surface area contributed by atoms with Crippen LogP contribution in [0.1, 0.15) is 0 Å². The third kappa shape index (κ3) is 5.26. The largest absolute Gasteiger partial charge is 0.457 e. The van der Waals surface area contributed by atoms with Crippen LogP contribution < -0.4 is 4.74 Å². The van der Waals surface area contributed by atoms with Crippen molar-refractivity contribution < 1.29 is 30.9 Å². The Labute approximate surface area is 156 Å². The van der Waals surface area contributed by atoms with E-state index in [4.69, 9.17) is 4.74 Å². The zero-order valence-corrected chi connectivity index (χ0v) is 15.2. The van der Waals surface area contributed by atoms with E-state index in [2.05, 4.69) is 42.5 Å². The quantitative estimate of drug-likeness (QED) is 0.388. The average molecular weight is 377 g/mol. The SMILES string of the molecule is [Zr].c1ccc(Oc2ccccc2)cc1.c1ccc2[cH-]ccc2c1. The van der Waals surface area contributed by atoms with Gasteiger partial charge in [0.15, 0.2) is 0 Å². The molecule has 0 saturated carbocycles. The van der Waals surface area contributed by atoms with Crippen LogP contribution in [0.5, 0.6) is 11.5 Å². The molecule has 4 rings (SSSR count). The van der Waals surface area contributed by atoms with Gasteiger partial charge in [-0.1, -0.05) is 42.5 Å². The van der Waals surface area contributed by atoms with Crippen molar-refractivity contribution in [1.29, 1.82) is 0 Å². The predicted molar refractivity (Wildman–Crippen MR) is 92.5 cm³/mol. The summed E-state index contributed by atoms with van der Waals surface area (Å²) < 4.78 is 5.58. The second kappa shape index (κ2) is 9.17. The molecule has 112 valence electrons. The molecule has 0 N–H and O–H groups in total. The first-order valence-electron chi connectivity index (χ1n) is 7.30. The zero-order valence-electron chi connectivity index (χ0n) is 12.7. The van der Waals surface area contributed by atoms with Crippen LogP contribution in [0, 0.1) is 0 Å². The molecule has 4 aromatic carbocycles. The fourth-order valence-corrected chi connectivity index (χ4v) is 2.18. The normalized spacial score (nSPS) is 9.39. The summed E-state index contributed by atoms with van der Waals surface area (Å²) in [5.74, 6) is 1.74. The van der Waals surface area contributed by atoms with E-state index in [0.29, 0.717) is 0 Å². The molecule has 0 aromatic heterocycles. The first-order valence-corrected chi connectivity index (χ1v) is 7.30. The van der Waals surface area contributed by atoms with E-state index in [1.807, 2.05) is 60.7 Å². The summed E-state index contributed by atoms with van der Waals surface area (Å²) in [7, 11) is 0. The van der Waals surface area contributed by atoms with Crippen LogP contribution in [0.2, 0.25) is 0 Å². The molecule has 0 aliphatic rings. The maximum atomic E-state index is 5.58. The number of benzene rings is 3. The van der Waals surface area contributed by atoms with Gasteiger partial charge in [0.2, 0.25) is 0 Å². The Hall–Kier alpha value is -2.05. The van der Waals surface area contributed by atoms with Gasteiger partial charge >= 0.3 is 0 Å². The Balaban J connectivity index is 0.000000169. The minimum Gasteiger partial charge on any atom is -0.457 e. The van der Waals surface area contributed by atoms with E-state index in [1.54, 1.807) is 0 Å². The Morgan fingerprint density at radius 2 is 1.09 bits per heavy atom. The Morgan fingerprint density at radius 1 is 0.565 bits per heavy atom. The van der Waals surface area contributed by atoms with Crippen LogP contribution in [-0.4, -0.2) is 0 Å². The fraction of sp³-hybridized carbons (Fsp3) is 0. The van der Waals surface area contributed by atoms with Crippen LogP contribution >= 0.6 is 0 Å². The standard InChI is InChI=1S/C12H10O.C9H7.Zr/c1-3-7-11(8-4-1)13-12-9-5-2-6-10-12;1-2-5-9-7-3-6-8(9)4-1;/h1-10H;1-7H;/q;-1;.